The van der Waals surface area contributed by atoms with Gasteiger partial charge in [-0.3, -0.25) is 9.69 Å². The van der Waals surface area contributed by atoms with E-state index < -0.39 is 12.2 Å². The van der Waals surface area contributed by atoms with Crippen LogP contribution in [-0.4, -0.2) is 72.0 Å². The number of benzene rings is 1. The van der Waals surface area contributed by atoms with Crippen LogP contribution in [0.2, 0.25) is 0 Å². The van der Waals surface area contributed by atoms with Gasteiger partial charge in [-0.25, -0.2) is 0 Å². The average Bonchev–Trinajstić information content (AvgIpc) is 3.19. The monoisotopic (exact) mass is 535 g/mol. The molecule has 6 nitrogen and oxygen atoms in total. The molecule has 0 spiro atoms. The fourth-order valence-electron chi connectivity index (χ4n) is 5.44. The number of unbranched alkanes of at least 4 members (excludes halogenated alkanes) is 3. The molecule has 1 aliphatic heterocycles. The molecule has 5 atom stereocenters. The predicted molar refractivity (Wildman–Crippen MR) is 148 cm³/mol. The summed E-state index contributed by atoms with van der Waals surface area (Å²) in [4.78, 5) is 14.2. The van der Waals surface area contributed by atoms with Gasteiger partial charge in [-0.05, 0) is 49.1 Å². The van der Waals surface area contributed by atoms with Crippen LogP contribution in [-0.2, 0) is 14.3 Å². The van der Waals surface area contributed by atoms with Gasteiger partial charge in [0.1, 0.15) is 6.61 Å². The first-order valence-electron chi connectivity index (χ1n) is 14.2. The summed E-state index contributed by atoms with van der Waals surface area (Å²) >= 11 is 6.65. The Hall–Kier alpha value is -1.44. The van der Waals surface area contributed by atoms with Gasteiger partial charge in [-0.1, -0.05) is 62.6 Å². The first-order valence-corrected chi connectivity index (χ1v) is 14.6. The molecule has 37 heavy (non-hydrogen) atoms. The van der Waals surface area contributed by atoms with Crippen molar-refractivity contribution in [2.75, 3.05) is 39.5 Å². The number of rotatable bonds is 15. The number of ether oxygens (including phenoxy) is 2. The summed E-state index contributed by atoms with van der Waals surface area (Å²) in [7, 11) is 0. The lowest BCUT2D eigenvalue weighted by molar-refractivity contribution is -0.144. The summed E-state index contributed by atoms with van der Waals surface area (Å²) in [5.74, 6) is -0.00124. The van der Waals surface area contributed by atoms with Gasteiger partial charge in [-0.15, -0.1) is 11.6 Å². The summed E-state index contributed by atoms with van der Waals surface area (Å²) < 4.78 is 10.7. The first-order chi connectivity index (χ1) is 18.0. The third kappa shape index (κ3) is 9.99. The number of carbonyl (C=O) groups excluding carboxylic acids is 1. The van der Waals surface area contributed by atoms with Gasteiger partial charge in [0.15, 0.2) is 0 Å². The lowest BCUT2D eigenvalue weighted by atomic mass is 9.84. The minimum absolute atomic E-state index is 0.0140. The summed E-state index contributed by atoms with van der Waals surface area (Å²) in [5.41, 5.74) is 2.02. The van der Waals surface area contributed by atoms with Crippen LogP contribution >= 0.6 is 11.6 Å². The van der Waals surface area contributed by atoms with Gasteiger partial charge in [0.05, 0.1) is 25.4 Å². The molecule has 1 aromatic carbocycles. The molecule has 3 rings (SSSR count). The number of aliphatic hydroxyl groups excluding tert-OH is 2. The SMILES string of the molecule is CCCCCC(O)c1ccc(C2C(CC=CCCCC(=O)OCCN3CCOCC3)[C@H](Cl)C[C@H]2O)cc1. The van der Waals surface area contributed by atoms with E-state index in [1.54, 1.807) is 0 Å². The van der Waals surface area contributed by atoms with Crippen LogP contribution in [0.3, 0.4) is 0 Å². The quantitative estimate of drug-likeness (QED) is 0.136. The first kappa shape index (κ1) is 30.1. The van der Waals surface area contributed by atoms with E-state index in [1.165, 1.54) is 0 Å². The zero-order chi connectivity index (χ0) is 26.5. The second-order valence-corrected chi connectivity index (χ2v) is 11.0. The van der Waals surface area contributed by atoms with Gasteiger partial charge in [-0.2, -0.15) is 0 Å². The Kier molecular flexibility index (Phi) is 13.4. The molecule has 0 bridgehead atoms. The maximum atomic E-state index is 12.0. The van der Waals surface area contributed by atoms with E-state index in [2.05, 4.69) is 24.0 Å². The highest BCUT2D eigenvalue weighted by Crippen LogP contribution is 2.45. The highest BCUT2D eigenvalue weighted by molar-refractivity contribution is 6.21. The van der Waals surface area contributed by atoms with Crippen LogP contribution in [0.4, 0.5) is 0 Å². The number of alkyl halides is 1. The van der Waals surface area contributed by atoms with E-state index in [0.29, 0.717) is 19.4 Å². The standard InChI is InChI=1S/C30H46ClNO5/c1-2-3-6-10-27(33)23-12-14-24(15-13-23)30-25(26(31)22-28(30)34)9-7-4-5-8-11-29(35)37-21-18-32-16-19-36-20-17-32/h4,7,12-15,25-28,30,33-34H,2-3,5-6,8-11,16-22H2,1H3/t25?,26-,27?,28-,30?/m1/s1. The topological polar surface area (TPSA) is 79.2 Å². The average molecular weight is 536 g/mol. The molecule has 2 fully saturated rings. The van der Waals surface area contributed by atoms with E-state index >= 15 is 0 Å². The highest BCUT2D eigenvalue weighted by atomic mass is 35.5. The van der Waals surface area contributed by atoms with Crippen molar-refractivity contribution in [1.29, 1.82) is 0 Å². The molecule has 1 aliphatic carbocycles. The summed E-state index contributed by atoms with van der Waals surface area (Å²) in [6.45, 7) is 6.68. The lowest BCUT2D eigenvalue weighted by Gasteiger charge is -2.26. The molecule has 0 aromatic heterocycles. The van der Waals surface area contributed by atoms with Gasteiger partial charge in [0, 0.05) is 37.4 Å². The van der Waals surface area contributed by atoms with Crippen LogP contribution in [0.1, 0.15) is 87.9 Å². The second kappa shape index (κ2) is 16.5. The van der Waals surface area contributed by atoms with Gasteiger partial charge < -0.3 is 19.7 Å². The Morgan fingerprint density at radius 2 is 1.95 bits per heavy atom. The van der Waals surface area contributed by atoms with Crippen molar-refractivity contribution in [3.63, 3.8) is 0 Å². The number of esters is 1. The van der Waals surface area contributed by atoms with Crippen LogP contribution < -0.4 is 0 Å². The van der Waals surface area contributed by atoms with Crippen molar-refractivity contribution >= 4 is 17.6 Å². The summed E-state index contributed by atoms with van der Waals surface area (Å²) in [5, 5.41) is 21.1. The zero-order valence-electron chi connectivity index (χ0n) is 22.4. The molecule has 1 saturated heterocycles. The van der Waals surface area contributed by atoms with Gasteiger partial charge in [0.25, 0.3) is 0 Å². The number of hydrogen-bond acceptors (Lipinski definition) is 6. The zero-order valence-corrected chi connectivity index (χ0v) is 23.2. The number of nitrogens with zero attached hydrogens (tertiary/aromatic N) is 1. The largest absolute Gasteiger partial charge is 0.464 e. The summed E-state index contributed by atoms with van der Waals surface area (Å²) in [6, 6.07) is 8.07. The smallest absolute Gasteiger partial charge is 0.305 e. The Labute approximate surface area is 228 Å². The van der Waals surface area contributed by atoms with E-state index in [4.69, 9.17) is 21.1 Å². The lowest BCUT2D eigenvalue weighted by Crippen LogP contribution is -2.38. The van der Waals surface area contributed by atoms with Crippen molar-refractivity contribution in [3.05, 3.63) is 47.5 Å². The van der Waals surface area contributed by atoms with Gasteiger partial charge in [0.2, 0.25) is 0 Å². The Balaban J connectivity index is 1.38. The number of halogens is 1. The fourth-order valence-corrected chi connectivity index (χ4v) is 5.88. The fraction of sp³-hybridized carbons (Fsp3) is 0.700. The van der Waals surface area contributed by atoms with Crippen LogP contribution in [0, 0.1) is 5.92 Å². The number of hydrogen-bond donors (Lipinski definition) is 2. The van der Waals surface area contributed by atoms with E-state index in [1.807, 2.05) is 24.3 Å². The molecule has 0 amide bonds. The van der Waals surface area contributed by atoms with Crippen molar-refractivity contribution < 1.29 is 24.5 Å². The number of allylic oxidation sites excluding steroid dienone is 2. The normalized spacial score (nSPS) is 25.5. The van der Waals surface area contributed by atoms with Crippen LogP contribution in [0.5, 0.6) is 0 Å². The van der Waals surface area contributed by atoms with Crippen molar-refractivity contribution in [2.24, 2.45) is 5.92 Å². The maximum Gasteiger partial charge on any atom is 0.305 e. The third-order valence-corrected chi connectivity index (χ3v) is 8.20. The molecule has 1 saturated carbocycles. The Bertz CT molecular complexity index is 811. The number of morpholine rings is 1. The Morgan fingerprint density at radius 1 is 1.19 bits per heavy atom. The maximum absolute atomic E-state index is 12.0. The molecule has 0 radical (unpaired) electrons. The molecule has 3 unspecified atom stereocenters. The summed E-state index contributed by atoms with van der Waals surface area (Å²) in [6.07, 6.45) is 10.8. The van der Waals surface area contributed by atoms with Crippen LogP contribution in [0.25, 0.3) is 0 Å². The molecule has 2 aliphatic rings. The molecule has 208 valence electrons. The number of aliphatic hydroxyl groups is 2. The molecular weight excluding hydrogens is 490 g/mol. The number of carbonyl (C=O) groups is 1. The van der Waals surface area contributed by atoms with Crippen molar-refractivity contribution in [1.82, 2.24) is 4.90 Å². The Morgan fingerprint density at radius 3 is 2.68 bits per heavy atom. The van der Waals surface area contributed by atoms with E-state index in [-0.39, 0.29) is 23.2 Å². The predicted octanol–water partition coefficient (Wildman–Crippen LogP) is 5.36. The third-order valence-electron chi connectivity index (χ3n) is 7.70. The minimum atomic E-state index is -0.464. The highest BCUT2D eigenvalue weighted by Gasteiger charge is 2.41. The molecular formula is C30H46ClNO5. The van der Waals surface area contributed by atoms with Crippen molar-refractivity contribution in [2.45, 2.75) is 88.2 Å². The molecule has 2 N–H and O–H groups in total. The van der Waals surface area contributed by atoms with E-state index in [9.17, 15) is 15.0 Å². The van der Waals surface area contributed by atoms with E-state index in [0.717, 1.165) is 88.9 Å². The van der Waals surface area contributed by atoms with Crippen LogP contribution in [0.15, 0.2) is 36.4 Å². The molecule has 1 aromatic rings. The van der Waals surface area contributed by atoms with Gasteiger partial charge >= 0.3 is 5.97 Å². The molecule has 7 heteroatoms. The molecule has 1 heterocycles. The second-order valence-electron chi connectivity index (χ2n) is 10.5. The van der Waals surface area contributed by atoms with Crippen molar-refractivity contribution in [3.8, 4) is 0 Å². The minimum Gasteiger partial charge on any atom is -0.464 e.